The van der Waals surface area contributed by atoms with Gasteiger partial charge in [0.15, 0.2) is 40.4 Å². The van der Waals surface area contributed by atoms with Crippen LogP contribution in [0.1, 0.15) is 67.8 Å². The average molecular weight is 592 g/mol. The second-order valence-corrected chi connectivity index (χ2v) is 11.7. The van der Waals surface area contributed by atoms with E-state index in [0.717, 1.165) is 0 Å². The van der Waals surface area contributed by atoms with Crippen molar-refractivity contribution in [2.45, 2.75) is 65.6 Å². The van der Waals surface area contributed by atoms with Crippen LogP contribution in [0.25, 0.3) is 10.1 Å². The molecule has 0 spiro atoms. The average Bonchev–Trinajstić information content (AvgIpc) is 3.54. The van der Waals surface area contributed by atoms with Crippen LogP contribution in [0.15, 0.2) is 18.2 Å². The summed E-state index contributed by atoms with van der Waals surface area (Å²) >= 11 is 1.22. The van der Waals surface area contributed by atoms with Crippen LogP contribution < -0.4 is 18.9 Å². The molecule has 2 aromatic carbocycles. The molecule has 11 heteroatoms. The quantitative estimate of drug-likeness (QED) is 0.171. The molecular formula is C30H35F2NO7S. The van der Waals surface area contributed by atoms with Gasteiger partial charge >= 0.3 is 6.09 Å². The first kappa shape index (κ1) is 30.4. The maximum absolute atomic E-state index is 15.5. The first-order valence-corrected chi connectivity index (χ1v) is 14.2. The summed E-state index contributed by atoms with van der Waals surface area (Å²) in [5, 5.41) is 0.298. The van der Waals surface area contributed by atoms with Crippen LogP contribution in [-0.4, -0.2) is 49.8 Å². The molecule has 4 rings (SSSR count). The highest BCUT2D eigenvalue weighted by molar-refractivity contribution is 7.20. The normalized spacial score (nSPS) is 12.8. The van der Waals surface area contributed by atoms with Gasteiger partial charge in [0.05, 0.1) is 38.9 Å². The van der Waals surface area contributed by atoms with Crippen molar-refractivity contribution in [1.29, 1.82) is 0 Å². The second-order valence-electron chi connectivity index (χ2n) is 10.7. The lowest BCUT2D eigenvalue weighted by molar-refractivity contribution is 0.0241. The van der Waals surface area contributed by atoms with Gasteiger partial charge in [0.25, 0.3) is 0 Å². The molecule has 0 saturated heterocycles. The van der Waals surface area contributed by atoms with Gasteiger partial charge < -0.3 is 23.7 Å². The van der Waals surface area contributed by atoms with E-state index in [-0.39, 0.29) is 55.1 Å². The molecule has 1 amide bonds. The zero-order valence-corrected chi connectivity index (χ0v) is 25.0. The number of hydrogen-bond acceptors (Lipinski definition) is 8. The monoisotopic (exact) mass is 591 g/mol. The van der Waals surface area contributed by atoms with Gasteiger partial charge in [-0.05, 0) is 44.9 Å². The topological polar surface area (TPSA) is 83.5 Å². The van der Waals surface area contributed by atoms with E-state index in [1.54, 1.807) is 39.0 Å². The van der Waals surface area contributed by atoms with E-state index in [2.05, 4.69) is 0 Å². The third-order valence-corrected chi connectivity index (χ3v) is 7.52. The van der Waals surface area contributed by atoms with Crippen molar-refractivity contribution in [2.75, 3.05) is 27.4 Å². The molecule has 0 N–H and O–H groups in total. The van der Waals surface area contributed by atoms with Gasteiger partial charge in [-0.2, -0.15) is 0 Å². The van der Waals surface area contributed by atoms with Gasteiger partial charge in [0.2, 0.25) is 0 Å². The fourth-order valence-electron chi connectivity index (χ4n) is 4.48. The summed E-state index contributed by atoms with van der Waals surface area (Å²) in [6, 6.07) is 4.86. The van der Waals surface area contributed by atoms with Crippen LogP contribution in [0.4, 0.5) is 13.6 Å². The summed E-state index contributed by atoms with van der Waals surface area (Å²) in [5.74, 6) is -0.937. The van der Waals surface area contributed by atoms with E-state index in [1.165, 1.54) is 30.5 Å². The number of rotatable bonds is 11. The summed E-state index contributed by atoms with van der Waals surface area (Å²) in [6.45, 7) is 7.59. The van der Waals surface area contributed by atoms with Crippen molar-refractivity contribution >= 4 is 33.3 Å². The highest BCUT2D eigenvalue weighted by Crippen LogP contribution is 2.41. The van der Waals surface area contributed by atoms with Crippen LogP contribution in [0, 0.1) is 11.6 Å². The number of halogens is 2. The van der Waals surface area contributed by atoms with Crippen molar-refractivity contribution in [3.05, 3.63) is 45.8 Å². The number of benzene rings is 2. The summed E-state index contributed by atoms with van der Waals surface area (Å²) in [4.78, 5) is 26.7. The number of carbonyl (C=O) groups is 2. The van der Waals surface area contributed by atoms with E-state index in [1.807, 2.05) is 6.92 Å². The van der Waals surface area contributed by atoms with Crippen molar-refractivity contribution in [1.82, 2.24) is 4.90 Å². The van der Waals surface area contributed by atoms with Crippen molar-refractivity contribution in [3.63, 3.8) is 0 Å². The van der Waals surface area contributed by atoms with Crippen molar-refractivity contribution in [3.8, 4) is 23.0 Å². The summed E-state index contributed by atoms with van der Waals surface area (Å²) < 4.78 is 59.0. The molecule has 1 aromatic heterocycles. The van der Waals surface area contributed by atoms with E-state index < -0.39 is 23.3 Å². The van der Waals surface area contributed by atoms with E-state index in [4.69, 9.17) is 23.7 Å². The fraction of sp³-hybridized carbons (Fsp3) is 0.467. The number of ether oxygens (including phenoxy) is 5. The Morgan fingerprint density at radius 2 is 1.59 bits per heavy atom. The lowest BCUT2D eigenvalue weighted by Gasteiger charge is -2.24. The number of amides is 1. The number of Topliss-reactive ketones (excluding diaryl/α,β-unsaturated/α-hetero) is 1. The molecule has 0 atom stereocenters. The van der Waals surface area contributed by atoms with Crippen molar-refractivity contribution in [2.24, 2.45) is 0 Å². The number of thiophene rings is 1. The van der Waals surface area contributed by atoms with Gasteiger partial charge in [-0.25, -0.2) is 13.6 Å². The Kier molecular flexibility index (Phi) is 9.26. The minimum atomic E-state index is -0.669. The predicted molar refractivity (Wildman–Crippen MR) is 152 cm³/mol. The highest BCUT2D eigenvalue weighted by Gasteiger charge is 2.32. The van der Waals surface area contributed by atoms with Crippen LogP contribution in [-0.2, 0) is 17.8 Å². The third-order valence-electron chi connectivity index (χ3n) is 6.40. The molecular weight excluding hydrogens is 556 g/mol. The summed E-state index contributed by atoms with van der Waals surface area (Å²) in [6.07, 6.45) is 0.876. The third kappa shape index (κ3) is 6.66. The lowest BCUT2D eigenvalue weighted by atomic mass is 10.1. The molecule has 41 heavy (non-hydrogen) atoms. The molecule has 0 saturated carbocycles. The molecule has 0 bridgehead atoms. The molecule has 222 valence electrons. The van der Waals surface area contributed by atoms with Gasteiger partial charge in [0.1, 0.15) is 5.60 Å². The number of hydrogen-bond donors (Lipinski definition) is 0. The number of ketones is 1. The molecule has 0 fully saturated rings. The Hall–Kier alpha value is -3.60. The Bertz CT molecular complexity index is 1450. The Morgan fingerprint density at radius 3 is 2.20 bits per heavy atom. The summed E-state index contributed by atoms with van der Waals surface area (Å²) in [7, 11) is 2.83. The lowest BCUT2D eigenvalue weighted by Crippen LogP contribution is -2.33. The fourth-order valence-corrected chi connectivity index (χ4v) is 5.54. The zero-order valence-electron chi connectivity index (χ0n) is 24.2. The van der Waals surface area contributed by atoms with E-state index in [0.29, 0.717) is 45.4 Å². The van der Waals surface area contributed by atoms with Gasteiger partial charge in [-0.15, -0.1) is 11.3 Å². The number of carbonyl (C=O) groups excluding carboxylic acids is 2. The minimum absolute atomic E-state index is 0.0292. The Balaban J connectivity index is 1.41. The Labute approximate surface area is 242 Å². The van der Waals surface area contributed by atoms with Crippen LogP contribution in [0.3, 0.4) is 0 Å². The van der Waals surface area contributed by atoms with Gasteiger partial charge in [-0.1, -0.05) is 6.92 Å². The molecule has 1 aliphatic rings. The minimum Gasteiger partial charge on any atom is -0.493 e. The van der Waals surface area contributed by atoms with Crippen LogP contribution in [0.2, 0.25) is 0 Å². The Morgan fingerprint density at radius 1 is 0.951 bits per heavy atom. The number of methoxy groups -OCH3 is 2. The zero-order chi connectivity index (χ0) is 29.9. The highest BCUT2D eigenvalue weighted by atomic mass is 32.1. The van der Waals surface area contributed by atoms with E-state index in [9.17, 15) is 9.59 Å². The molecule has 0 aliphatic carbocycles. The smallest absolute Gasteiger partial charge is 0.410 e. The molecule has 3 aromatic rings. The maximum atomic E-state index is 15.5. The van der Waals surface area contributed by atoms with Gasteiger partial charge in [-0.3, -0.25) is 9.69 Å². The van der Waals surface area contributed by atoms with E-state index >= 15 is 8.78 Å². The summed E-state index contributed by atoms with van der Waals surface area (Å²) in [5.41, 5.74) is 0.291. The van der Waals surface area contributed by atoms with Gasteiger partial charge in [0, 0.05) is 41.1 Å². The molecule has 8 nitrogen and oxygen atoms in total. The molecule has 2 heterocycles. The standard InChI is InChI=1S/C30H35F2NO7S/c1-7-9-20(34)24-13-18-23(41-24)14-22(37-6)28(25(18)31)39-11-8-10-38-27-21(36-5)12-17-15-33(16-19(17)26(27)32)29(35)40-30(2,3)4/h12-14H,7-11,15-16H2,1-6H3. The number of nitrogens with zero attached hydrogens (tertiary/aromatic N) is 1. The largest absolute Gasteiger partial charge is 0.493 e. The molecule has 0 radical (unpaired) electrons. The SMILES string of the molecule is CCCC(=O)c1cc2c(F)c(OCCCOc3c(OC)cc4c(c3F)CN(C(=O)OC(C)(C)C)C4)c(OC)cc2s1. The van der Waals surface area contributed by atoms with Crippen LogP contribution in [0.5, 0.6) is 23.0 Å². The second kappa shape index (κ2) is 12.5. The predicted octanol–water partition coefficient (Wildman–Crippen LogP) is 7.28. The van der Waals surface area contributed by atoms with Crippen LogP contribution >= 0.6 is 11.3 Å². The van der Waals surface area contributed by atoms with Crippen molar-refractivity contribution < 1.29 is 42.1 Å². The molecule has 1 aliphatic heterocycles. The molecule has 0 unspecified atom stereocenters. The first-order valence-electron chi connectivity index (χ1n) is 13.4. The number of fused-ring (bicyclic) bond motifs is 2. The first-order chi connectivity index (χ1) is 19.5. The maximum Gasteiger partial charge on any atom is 0.410 e.